The van der Waals surface area contributed by atoms with Crippen LogP contribution in [-0.4, -0.2) is 39.1 Å². The maximum absolute atomic E-state index is 12.4. The van der Waals surface area contributed by atoms with Crippen LogP contribution in [0.4, 0.5) is 5.69 Å². The minimum absolute atomic E-state index is 0.278. The van der Waals surface area contributed by atoms with E-state index in [0.717, 1.165) is 11.8 Å². The van der Waals surface area contributed by atoms with Crippen molar-refractivity contribution in [2.75, 3.05) is 17.1 Å². The third-order valence-corrected chi connectivity index (χ3v) is 5.78. The van der Waals surface area contributed by atoms with Gasteiger partial charge in [-0.05, 0) is 61.4 Å². The Labute approximate surface area is 162 Å². The average Bonchev–Trinajstić information content (AvgIpc) is 3.05. The molecule has 1 unspecified atom stereocenters. The predicted molar refractivity (Wildman–Crippen MR) is 103 cm³/mol. The van der Waals surface area contributed by atoms with E-state index >= 15 is 0 Å². The molecule has 27 heavy (non-hydrogen) atoms. The second-order valence-electron chi connectivity index (χ2n) is 6.35. The highest BCUT2D eigenvalue weighted by Gasteiger charge is 2.27. The first-order chi connectivity index (χ1) is 12.7. The number of ketones is 1. The van der Waals surface area contributed by atoms with Crippen molar-refractivity contribution < 1.29 is 22.7 Å². The van der Waals surface area contributed by atoms with Crippen LogP contribution < -0.4 is 4.31 Å². The smallest absolute Gasteiger partial charge is 0.338 e. The van der Waals surface area contributed by atoms with Crippen molar-refractivity contribution in [1.29, 1.82) is 0 Å². The molecule has 0 saturated heterocycles. The number of sulfonamides is 1. The minimum atomic E-state index is -3.35. The van der Waals surface area contributed by atoms with E-state index < -0.39 is 22.1 Å². The summed E-state index contributed by atoms with van der Waals surface area (Å²) in [4.78, 5) is 24.8. The van der Waals surface area contributed by atoms with Gasteiger partial charge in [-0.15, -0.1) is 0 Å². The van der Waals surface area contributed by atoms with Gasteiger partial charge in [0.05, 0.1) is 17.5 Å². The zero-order valence-electron chi connectivity index (χ0n) is 14.8. The number of benzene rings is 2. The molecule has 8 heteroatoms. The summed E-state index contributed by atoms with van der Waals surface area (Å²) < 4.78 is 30.2. The predicted octanol–water partition coefficient (Wildman–Crippen LogP) is 3.09. The highest BCUT2D eigenvalue weighted by atomic mass is 35.5. The Kier molecular flexibility index (Phi) is 5.26. The van der Waals surface area contributed by atoms with Crippen LogP contribution in [0, 0.1) is 0 Å². The van der Waals surface area contributed by atoms with Crippen LogP contribution in [0.25, 0.3) is 0 Å². The number of hydrogen-bond acceptors (Lipinski definition) is 5. The van der Waals surface area contributed by atoms with Crippen LogP contribution in [0.2, 0.25) is 5.02 Å². The molecule has 2 aromatic carbocycles. The fraction of sp³-hybridized carbons (Fsp3) is 0.263. The number of anilines is 1. The van der Waals surface area contributed by atoms with E-state index in [1.165, 1.54) is 17.3 Å². The van der Waals surface area contributed by atoms with Gasteiger partial charge in [0.25, 0.3) is 0 Å². The molecule has 0 amide bonds. The zero-order chi connectivity index (χ0) is 19.8. The topological polar surface area (TPSA) is 80.8 Å². The van der Waals surface area contributed by atoms with Crippen molar-refractivity contribution in [3.63, 3.8) is 0 Å². The van der Waals surface area contributed by atoms with E-state index in [2.05, 4.69) is 0 Å². The van der Waals surface area contributed by atoms with Crippen molar-refractivity contribution in [3.05, 3.63) is 64.2 Å². The van der Waals surface area contributed by atoms with Gasteiger partial charge in [0, 0.05) is 17.1 Å². The van der Waals surface area contributed by atoms with Gasteiger partial charge in [-0.2, -0.15) is 0 Å². The number of rotatable bonds is 5. The number of nitrogens with zero attached hydrogens (tertiary/aromatic N) is 1. The highest BCUT2D eigenvalue weighted by molar-refractivity contribution is 7.92. The van der Waals surface area contributed by atoms with Crippen LogP contribution in [-0.2, 0) is 21.2 Å². The first-order valence-corrected chi connectivity index (χ1v) is 10.5. The molecule has 6 nitrogen and oxygen atoms in total. The SMILES string of the molecule is CC(OC(=O)c1ccc2c(c1)CCN2S(C)(=O)=O)C(=O)c1ccc(Cl)cc1. The van der Waals surface area contributed by atoms with Crippen molar-refractivity contribution >= 4 is 39.1 Å². The molecular formula is C19H18ClNO5S. The van der Waals surface area contributed by atoms with Crippen molar-refractivity contribution in [2.45, 2.75) is 19.4 Å². The summed E-state index contributed by atoms with van der Waals surface area (Å²) in [5.41, 5.74) is 2.00. The van der Waals surface area contributed by atoms with E-state index in [0.29, 0.717) is 29.2 Å². The van der Waals surface area contributed by atoms with E-state index in [1.807, 2.05) is 0 Å². The number of carbonyl (C=O) groups is 2. The summed E-state index contributed by atoms with van der Waals surface area (Å²) in [5, 5.41) is 0.512. The molecule has 0 fully saturated rings. The third-order valence-electron chi connectivity index (χ3n) is 4.35. The molecule has 0 aliphatic carbocycles. The number of fused-ring (bicyclic) bond motifs is 1. The molecule has 1 aliphatic rings. The Hall–Kier alpha value is -2.38. The molecule has 1 atom stereocenters. The molecule has 1 aliphatic heterocycles. The Bertz CT molecular complexity index is 1000. The molecule has 0 aromatic heterocycles. The van der Waals surface area contributed by atoms with E-state index in [9.17, 15) is 18.0 Å². The summed E-state index contributed by atoms with van der Waals surface area (Å²) >= 11 is 5.81. The van der Waals surface area contributed by atoms with Crippen molar-refractivity contribution in [1.82, 2.24) is 0 Å². The number of Topliss-reactive ketones (excluding diaryl/α,β-unsaturated/α-hetero) is 1. The van der Waals surface area contributed by atoms with Crippen LogP contribution in [0.15, 0.2) is 42.5 Å². The van der Waals surface area contributed by atoms with E-state index in [1.54, 1.807) is 36.4 Å². The molecule has 0 spiro atoms. The van der Waals surface area contributed by atoms with Crippen molar-refractivity contribution in [3.8, 4) is 0 Å². The summed E-state index contributed by atoms with van der Waals surface area (Å²) in [7, 11) is -3.35. The maximum Gasteiger partial charge on any atom is 0.338 e. The van der Waals surface area contributed by atoms with Crippen molar-refractivity contribution in [2.24, 2.45) is 0 Å². The average molecular weight is 408 g/mol. The fourth-order valence-corrected chi connectivity index (χ4v) is 4.06. The van der Waals surface area contributed by atoms with Gasteiger partial charge in [-0.3, -0.25) is 9.10 Å². The first kappa shape index (κ1) is 19.4. The lowest BCUT2D eigenvalue weighted by molar-refractivity contribution is 0.0319. The molecule has 1 heterocycles. The number of hydrogen-bond donors (Lipinski definition) is 0. The number of ether oxygens (including phenoxy) is 1. The van der Waals surface area contributed by atoms with Gasteiger partial charge in [0.15, 0.2) is 6.10 Å². The number of esters is 1. The van der Waals surface area contributed by atoms with Gasteiger partial charge in [0.2, 0.25) is 15.8 Å². The zero-order valence-corrected chi connectivity index (χ0v) is 16.4. The molecule has 0 N–H and O–H groups in total. The van der Waals surface area contributed by atoms with Crippen LogP contribution in [0.3, 0.4) is 0 Å². The Morgan fingerprint density at radius 3 is 2.37 bits per heavy atom. The van der Waals surface area contributed by atoms with Gasteiger partial charge in [-0.25, -0.2) is 13.2 Å². The Balaban J connectivity index is 1.73. The third kappa shape index (κ3) is 4.14. The Morgan fingerprint density at radius 2 is 1.74 bits per heavy atom. The largest absolute Gasteiger partial charge is 0.451 e. The van der Waals surface area contributed by atoms with Gasteiger partial charge in [0.1, 0.15) is 0 Å². The highest BCUT2D eigenvalue weighted by Crippen LogP contribution is 2.31. The lowest BCUT2D eigenvalue weighted by atomic mass is 10.1. The van der Waals surface area contributed by atoms with Gasteiger partial charge >= 0.3 is 5.97 Å². The van der Waals surface area contributed by atoms with Crippen LogP contribution in [0.5, 0.6) is 0 Å². The Morgan fingerprint density at radius 1 is 1.11 bits per heavy atom. The second-order valence-corrected chi connectivity index (χ2v) is 8.69. The van der Waals surface area contributed by atoms with Gasteiger partial charge < -0.3 is 4.74 Å². The summed E-state index contributed by atoms with van der Waals surface area (Å²) in [5.74, 6) is -0.963. The fourth-order valence-electron chi connectivity index (χ4n) is 2.97. The quantitative estimate of drug-likeness (QED) is 0.562. The molecule has 0 radical (unpaired) electrons. The molecule has 0 saturated carbocycles. The summed E-state index contributed by atoms with van der Waals surface area (Å²) in [6.45, 7) is 1.85. The van der Waals surface area contributed by atoms with Crippen LogP contribution in [0.1, 0.15) is 33.2 Å². The van der Waals surface area contributed by atoms with Crippen LogP contribution >= 0.6 is 11.6 Å². The molecule has 142 valence electrons. The lowest BCUT2D eigenvalue weighted by Crippen LogP contribution is -2.27. The normalized spacial score (nSPS) is 14.6. The second kappa shape index (κ2) is 7.32. The first-order valence-electron chi connectivity index (χ1n) is 8.28. The molecule has 3 rings (SSSR count). The lowest BCUT2D eigenvalue weighted by Gasteiger charge is -2.17. The number of halogens is 1. The number of carbonyl (C=O) groups excluding carboxylic acids is 2. The summed E-state index contributed by atoms with van der Waals surface area (Å²) in [6.07, 6.45) is 0.705. The summed E-state index contributed by atoms with van der Waals surface area (Å²) in [6, 6.07) is 11.0. The molecule has 0 bridgehead atoms. The minimum Gasteiger partial charge on any atom is -0.451 e. The molecular weight excluding hydrogens is 390 g/mol. The maximum atomic E-state index is 12.4. The van der Waals surface area contributed by atoms with E-state index in [4.69, 9.17) is 16.3 Å². The standard InChI is InChI=1S/C19H18ClNO5S/c1-12(18(22)13-3-6-16(20)7-4-13)26-19(23)15-5-8-17-14(11-15)9-10-21(17)27(2,24)25/h3-8,11-12H,9-10H2,1-2H3. The van der Waals surface area contributed by atoms with Gasteiger partial charge in [-0.1, -0.05) is 11.6 Å². The monoisotopic (exact) mass is 407 g/mol. The van der Waals surface area contributed by atoms with E-state index in [-0.39, 0.29) is 11.3 Å². The molecule has 2 aromatic rings.